The van der Waals surface area contributed by atoms with Crippen molar-refractivity contribution in [1.29, 1.82) is 0 Å². The third-order valence-corrected chi connectivity index (χ3v) is 5.35. The fraction of sp³-hybridized carbons (Fsp3) is 0.600. The predicted molar refractivity (Wildman–Crippen MR) is 100 cm³/mol. The third-order valence-electron chi connectivity index (χ3n) is 5.35. The maximum absolute atomic E-state index is 12.3. The number of aromatic nitrogens is 2. The van der Waals surface area contributed by atoms with Gasteiger partial charge in [0.2, 0.25) is 5.91 Å². The molecule has 5 nitrogen and oxygen atoms in total. The van der Waals surface area contributed by atoms with Gasteiger partial charge in [-0.3, -0.25) is 4.79 Å². The first-order chi connectivity index (χ1) is 12.0. The van der Waals surface area contributed by atoms with Crippen LogP contribution in [0.2, 0.25) is 0 Å². The number of rotatable bonds is 5. The van der Waals surface area contributed by atoms with E-state index >= 15 is 0 Å². The summed E-state index contributed by atoms with van der Waals surface area (Å²) in [5, 5.41) is 3.72. The van der Waals surface area contributed by atoms with Crippen molar-refractivity contribution in [1.82, 2.24) is 19.6 Å². The Labute approximate surface area is 150 Å². The van der Waals surface area contributed by atoms with Crippen LogP contribution in [-0.2, 0) is 11.3 Å². The fourth-order valence-corrected chi connectivity index (χ4v) is 3.78. The second-order valence-corrected chi connectivity index (χ2v) is 7.57. The molecule has 0 unspecified atom stereocenters. The van der Waals surface area contributed by atoms with Crippen LogP contribution in [-0.4, -0.2) is 39.3 Å². The van der Waals surface area contributed by atoms with Gasteiger partial charge in [0.25, 0.3) is 0 Å². The number of nitrogens with one attached hydrogen (secondary N) is 1. The molecule has 5 heteroatoms. The maximum Gasteiger partial charge on any atom is 0.225 e. The highest BCUT2D eigenvalue weighted by molar-refractivity contribution is 5.78. The van der Waals surface area contributed by atoms with Gasteiger partial charge in [0.05, 0.1) is 11.9 Å². The van der Waals surface area contributed by atoms with E-state index in [4.69, 9.17) is 0 Å². The number of piperidine rings is 1. The first-order valence-corrected chi connectivity index (χ1v) is 9.44. The highest BCUT2D eigenvalue weighted by atomic mass is 16.2. The van der Waals surface area contributed by atoms with Gasteiger partial charge in [0.15, 0.2) is 0 Å². The Balaban J connectivity index is 1.63. The fourth-order valence-electron chi connectivity index (χ4n) is 3.78. The summed E-state index contributed by atoms with van der Waals surface area (Å²) in [5.74, 6) is 0.885. The highest BCUT2D eigenvalue weighted by Crippen LogP contribution is 2.22. The second-order valence-electron chi connectivity index (χ2n) is 7.57. The van der Waals surface area contributed by atoms with Crippen LogP contribution < -0.4 is 5.32 Å². The molecule has 25 heavy (non-hydrogen) atoms. The van der Waals surface area contributed by atoms with Crippen LogP contribution in [0.3, 0.4) is 0 Å². The van der Waals surface area contributed by atoms with E-state index in [-0.39, 0.29) is 11.8 Å². The van der Waals surface area contributed by atoms with E-state index in [0.717, 1.165) is 38.1 Å². The van der Waals surface area contributed by atoms with Gasteiger partial charge in [-0.05, 0) is 37.0 Å². The molecule has 2 aromatic rings. The number of nitrogens with zero attached hydrogens (tertiary/aromatic N) is 3. The topological polar surface area (TPSA) is 49.6 Å². The van der Waals surface area contributed by atoms with Crippen LogP contribution in [0.1, 0.15) is 44.9 Å². The lowest BCUT2D eigenvalue weighted by atomic mass is 9.89. The molecular formula is C20H30N4O. The van der Waals surface area contributed by atoms with Gasteiger partial charge in [0, 0.05) is 37.8 Å². The lowest BCUT2D eigenvalue weighted by Gasteiger charge is -2.39. The molecule has 3 heterocycles. The third kappa shape index (κ3) is 3.87. The Kier molecular flexibility index (Phi) is 5.42. The molecule has 1 fully saturated rings. The van der Waals surface area contributed by atoms with Crippen molar-refractivity contribution in [2.75, 3.05) is 13.1 Å². The van der Waals surface area contributed by atoms with E-state index in [1.54, 1.807) is 0 Å². The van der Waals surface area contributed by atoms with E-state index in [2.05, 4.69) is 46.9 Å². The number of imidazole rings is 1. The van der Waals surface area contributed by atoms with Gasteiger partial charge >= 0.3 is 0 Å². The molecule has 2 atom stereocenters. The average molecular weight is 342 g/mol. The number of hydrogen-bond donors (Lipinski definition) is 1. The number of hydrogen-bond acceptors (Lipinski definition) is 3. The first-order valence-electron chi connectivity index (χ1n) is 9.44. The Bertz CT molecular complexity index is 736. The predicted octanol–water partition coefficient (Wildman–Crippen LogP) is 3.02. The van der Waals surface area contributed by atoms with Gasteiger partial charge in [-0.2, -0.15) is 0 Å². The molecule has 1 aliphatic heterocycles. The number of aryl methyl sites for hydroxylation is 1. The molecule has 1 aliphatic rings. The van der Waals surface area contributed by atoms with Crippen molar-refractivity contribution in [3.8, 4) is 0 Å². The molecule has 0 aromatic carbocycles. The number of likely N-dealkylation sites (tertiary alicyclic amines) is 1. The van der Waals surface area contributed by atoms with Crippen LogP contribution in [0.15, 0.2) is 24.5 Å². The number of amides is 1. The summed E-state index contributed by atoms with van der Waals surface area (Å²) < 4.78 is 2.15. The van der Waals surface area contributed by atoms with Crippen molar-refractivity contribution < 1.29 is 4.79 Å². The van der Waals surface area contributed by atoms with Gasteiger partial charge in [-0.15, -0.1) is 0 Å². The standard InChI is InChI=1S/C20H30N4O/c1-5-16-13-23(20(25)14(2)3)8-7-18(16)21-11-17-12-22-19-10-15(4)6-9-24(17)19/h6,9-10,12,14,16,18,21H,5,7-8,11,13H2,1-4H3/t16-,18-/m0/s1. The van der Waals surface area contributed by atoms with E-state index in [1.807, 2.05) is 24.9 Å². The van der Waals surface area contributed by atoms with Gasteiger partial charge in [0.1, 0.15) is 5.65 Å². The first kappa shape index (κ1) is 17.9. The Morgan fingerprint density at radius 2 is 2.24 bits per heavy atom. The van der Waals surface area contributed by atoms with Crippen LogP contribution in [0.5, 0.6) is 0 Å². The summed E-state index contributed by atoms with van der Waals surface area (Å²) in [5.41, 5.74) is 3.41. The molecule has 1 amide bonds. The Morgan fingerprint density at radius 3 is 2.96 bits per heavy atom. The van der Waals surface area contributed by atoms with E-state index in [1.165, 1.54) is 11.3 Å². The maximum atomic E-state index is 12.3. The van der Waals surface area contributed by atoms with Gasteiger partial charge in [-0.1, -0.05) is 27.2 Å². The molecule has 0 aliphatic carbocycles. The molecule has 3 rings (SSSR count). The molecular weight excluding hydrogens is 312 g/mol. The zero-order valence-corrected chi connectivity index (χ0v) is 15.8. The molecule has 0 radical (unpaired) electrons. The smallest absolute Gasteiger partial charge is 0.225 e. The number of pyridine rings is 1. The molecule has 0 bridgehead atoms. The minimum Gasteiger partial charge on any atom is -0.342 e. The molecule has 1 saturated heterocycles. The Hall–Kier alpha value is -1.88. The highest BCUT2D eigenvalue weighted by Gasteiger charge is 2.30. The van der Waals surface area contributed by atoms with E-state index < -0.39 is 0 Å². The van der Waals surface area contributed by atoms with Crippen molar-refractivity contribution in [2.45, 2.75) is 53.1 Å². The molecule has 2 aromatic heterocycles. The number of carbonyl (C=O) groups is 1. The summed E-state index contributed by atoms with van der Waals surface area (Å²) in [6.07, 6.45) is 6.16. The normalized spacial score (nSPS) is 21.2. The van der Waals surface area contributed by atoms with Crippen LogP contribution in [0.4, 0.5) is 0 Å². The van der Waals surface area contributed by atoms with Crippen molar-refractivity contribution in [3.63, 3.8) is 0 Å². The van der Waals surface area contributed by atoms with E-state index in [9.17, 15) is 4.79 Å². The lowest BCUT2D eigenvalue weighted by molar-refractivity contribution is -0.136. The minimum atomic E-state index is 0.0867. The SMILES string of the molecule is CC[C@H]1CN(C(=O)C(C)C)CC[C@@H]1NCc1cnc2cc(C)ccn12. The summed E-state index contributed by atoms with van der Waals surface area (Å²) >= 11 is 0. The van der Waals surface area contributed by atoms with Gasteiger partial charge in [-0.25, -0.2) is 4.98 Å². The second kappa shape index (κ2) is 7.56. The Morgan fingerprint density at radius 1 is 1.44 bits per heavy atom. The average Bonchev–Trinajstić information content (AvgIpc) is 3.01. The van der Waals surface area contributed by atoms with Crippen molar-refractivity contribution >= 4 is 11.6 Å². The largest absolute Gasteiger partial charge is 0.342 e. The summed E-state index contributed by atoms with van der Waals surface area (Å²) in [7, 11) is 0. The van der Waals surface area contributed by atoms with Crippen LogP contribution in [0, 0.1) is 18.8 Å². The summed E-state index contributed by atoms with van der Waals surface area (Å²) in [6, 6.07) is 4.68. The molecule has 136 valence electrons. The molecule has 0 spiro atoms. The molecule has 0 saturated carbocycles. The summed E-state index contributed by atoms with van der Waals surface area (Å²) in [4.78, 5) is 18.8. The zero-order valence-electron chi connectivity index (χ0n) is 15.8. The van der Waals surface area contributed by atoms with Crippen LogP contribution >= 0.6 is 0 Å². The lowest BCUT2D eigenvalue weighted by Crippen LogP contribution is -2.51. The summed E-state index contributed by atoms with van der Waals surface area (Å²) in [6.45, 7) is 10.8. The zero-order chi connectivity index (χ0) is 18.0. The number of fused-ring (bicyclic) bond motifs is 1. The van der Waals surface area contributed by atoms with Gasteiger partial charge < -0.3 is 14.6 Å². The van der Waals surface area contributed by atoms with Crippen LogP contribution in [0.25, 0.3) is 5.65 Å². The number of carbonyl (C=O) groups excluding carboxylic acids is 1. The monoisotopic (exact) mass is 342 g/mol. The van der Waals surface area contributed by atoms with Crippen molar-refractivity contribution in [2.24, 2.45) is 11.8 Å². The van der Waals surface area contributed by atoms with Crippen molar-refractivity contribution in [3.05, 3.63) is 35.8 Å². The quantitative estimate of drug-likeness (QED) is 0.909. The van der Waals surface area contributed by atoms with E-state index in [0.29, 0.717) is 12.0 Å². The molecule has 1 N–H and O–H groups in total. The minimum absolute atomic E-state index is 0.0867.